The van der Waals surface area contributed by atoms with Crippen molar-refractivity contribution in [2.75, 3.05) is 47.5 Å². The van der Waals surface area contributed by atoms with Gasteiger partial charge in [0.1, 0.15) is 6.54 Å². The first-order valence-corrected chi connectivity index (χ1v) is 10.1. The van der Waals surface area contributed by atoms with Gasteiger partial charge >= 0.3 is 0 Å². The van der Waals surface area contributed by atoms with E-state index in [1.807, 2.05) is 4.90 Å². The van der Waals surface area contributed by atoms with Gasteiger partial charge in [0.05, 0.1) is 47.5 Å². The number of carbonyl (C=O) groups excluding carboxylic acids is 1. The van der Waals surface area contributed by atoms with Gasteiger partial charge < -0.3 is 24.0 Å². The monoisotopic (exact) mass is 399 g/mol. The standard InChI is InChI=1S/C23H30N2O4/c1-5-17-6-8-18(9-7-17)16-24-10-12-25(13-11-24)23(26)19-14-20(27-2)22(29-4)21(15-19)28-3/h6-9,14-15H,5,10-13,16H2,1-4H3/p+1. The van der Waals surface area contributed by atoms with E-state index in [1.165, 1.54) is 16.0 Å². The molecular formula is C23H31N2O4+. The number of ether oxygens (including phenoxy) is 3. The highest BCUT2D eigenvalue weighted by Gasteiger charge is 2.26. The predicted molar refractivity (Wildman–Crippen MR) is 112 cm³/mol. The molecule has 0 atom stereocenters. The van der Waals surface area contributed by atoms with Crippen molar-refractivity contribution in [3.63, 3.8) is 0 Å². The third-order valence-corrected chi connectivity index (χ3v) is 5.55. The van der Waals surface area contributed by atoms with Crippen LogP contribution in [0.3, 0.4) is 0 Å². The average molecular weight is 400 g/mol. The lowest BCUT2D eigenvalue weighted by Crippen LogP contribution is -3.13. The zero-order valence-corrected chi connectivity index (χ0v) is 17.8. The van der Waals surface area contributed by atoms with Crippen molar-refractivity contribution < 1.29 is 23.9 Å². The Morgan fingerprint density at radius 1 is 0.931 bits per heavy atom. The topological polar surface area (TPSA) is 52.4 Å². The summed E-state index contributed by atoms with van der Waals surface area (Å²) in [4.78, 5) is 16.4. The van der Waals surface area contributed by atoms with Gasteiger partial charge in [-0.2, -0.15) is 0 Å². The highest BCUT2D eigenvalue weighted by atomic mass is 16.5. The van der Waals surface area contributed by atoms with Crippen molar-refractivity contribution in [1.29, 1.82) is 0 Å². The number of benzene rings is 2. The van der Waals surface area contributed by atoms with Crippen LogP contribution < -0.4 is 19.1 Å². The summed E-state index contributed by atoms with van der Waals surface area (Å²) in [6.07, 6.45) is 1.06. The van der Waals surface area contributed by atoms with Crippen LogP contribution in [0.1, 0.15) is 28.4 Å². The first-order chi connectivity index (χ1) is 14.1. The Hall–Kier alpha value is -2.73. The number of rotatable bonds is 7. The fraction of sp³-hybridized carbons (Fsp3) is 0.435. The van der Waals surface area contributed by atoms with Gasteiger partial charge in [-0.25, -0.2) is 0 Å². The maximum absolute atomic E-state index is 13.0. The molecule has 0 aliphatic carbocycles. The molecule has 0 unspecified atom stereocenters. The molecule has 0 saturated carbocycles. The molecule has 0 aromatic heterocycles. The predicted octanol–water partition coefficient (Wildman–Crippen LogP) is 1.82. The maximum atomic E-state index is 13.0. The number of nitrogens with one attached hydrogen (secondary N) is 1. The van der Waals surface area contributed by atoms with Crippen molar-refractivity contribution in [3.05, 3.63) is 53.1 Å². The van der Waals surface area contributed by atoms with Crippen molar-refractivity contribution in [3.8, 4) is 17.2 Å². The second kappa shape index (κ2) is 9.65. The molecule has 0 spiro atoms. The lowest BCUT2D eigenvalue weighted by Gasteiger charge is -2.32. The third-order valence-electron chi connectivity index (χ3n) is 5.55. The van der Waals surface area contributed by atoms with Gasteiger partial charge in [0.2, 0.25) is 5.75 Å². The van der Waals surface area contributed by atoms with Crippen molar-refractivity contribution in [2.45, 2.75) is 19.9 Å². The minimum absolute atomic E-state index is 0.00407. The molecule has 1 aliphatic rings. The molecule has 1 amide bonds. The maximum Gasteiger partial charge on any atom is 0.254 e. The highest BCUT2D eigenvalue weighted by Crippen LogP contribution is 2.38. The largest absolute Gasteiger partial charge is 0.493 e. The summed E-state index contributed by atoms with van der Waals surface area (Å²) >= 11 is 0. The minimum atomic E-state index is -0.00407. The van der Waals surface area contributed by atoms with Crippen molar-refractivity contribution in [1.82, 2.24) is 4.90 Å². The zero-order valence-electron chi connectivity index (χ0n) is 17.8. The third kappa shape index (κ3) is 4.82. The molecular weight excluding hydrogens is 368 g/mol. The first-order valence-electron chi connectivity index (χ1n) is 10.1. The van der Waals surface area contributed by atoms with Crippen molar-refractivity contribution >= 4 is 5.91 Å². The number of methoxy groups -OCH3 is 3. The second-order valence-corrected chi connectivity index (χ2v) is 7.30. The molecule has 6 nitrogen and oxygen atoms in total. The summed E-state index contributed by atoms with van der Waals surface area (Å²) in [5.74, 6) is 1.48. The lowest BCUT2D eigenvalue weighted by atomic mass is 10.1. The van der Waals surface area contributed by atoms with Crippen molar-refractivity contribution in [2.24, 2.45) is 0 Å². The number of quaternary nitrogens is 1. The van der Waals surface area contributed by atoms with Gasteiger partial charge in [0.25, 0.3) is 5.91 Å². The molecule has 1 N–H and O–H groups in total. The van der Waals surface area contributed by atoms with E-state index in [9.17, 15) is 4.79 Å². The van der Waals surface area contributed by atoms with E-state index >= 15 is 0 Å². The normalized spacial score (nSPS) is 14.6. The van der Waals surface area contributed by atoms with E-state index in [-0.39, 0.29) is 5.91 Å². The average Bonchev–Trinajstić information content (AvgIpc) is 2.78. The molecule has 0 bridgehead atoms. The zero-order chi connectivity index (χ0) is 20.8. The fourth-order valence-electron chi connectivity index (χ4n) is 3.77. The Bertz CT molecular complexity index is 802. The van der Waals surface area contributed by atoms with Gasteiger partial charge in [0.15, 0.2) is 11.5 Å². The quantitative estimate of drug-likeness (QED) is 0.772. The number of piperazine rings is 1. The molecule has 0 radical (unpaired) electrons. The molecule has 2 aromatic rings. The molecule has 1 heterocycles. The van der Waals surface area contributed by atoms with Crippen LogP contribution in [0, 0.1) is 0 Å². The Balaban J connectivity index is 1.63. The molecule has 6 heteroatoms. The Labute approximate surface area is 173 Å². The molecule has 2 aromatic carbocycles. The Kier molecular flexibility index (Phi) is 6.99. The van der Waals surface area contributed by atoms with Crippen LogP contribution in [0.25, 0.3) is 0 Å². The molecule has 1 saturated heterocycles. The lowest BCUT2D eigenvalue weighted by molar-refractivity contribution is -0.917. The molecule has 156 valence electrons. The van der Waals surface area contributed by atoms with Crippen LogP contribution in [0.15, 0.2) is 36.4 Å². The molecule has 3 rings (SSSR count). The number of hydrogen-bond acceptors (Lipinski definition) is 4. The SMILES string of the molecule is CCc1ccc(C[NH+]2CCN(C(=O)c3cc(OC)c(OC)c(OC)c3)CC2)cc1. The second-order valence-electron chi connectivity index (χ2n) is 7.30. The number of amides is 1. The van der Waals surface area contributed by atoms with Gasteiger partial charge in [-0.05, 0) is 24.1 Å². The Morgan fingerprint density at radius 2 is 1.48 bits per heavy atom. The van der Waals surface area contributed by atoms with E-state index in [4.69, 9.17) is 14.2 Å². The number of nitrogens with zero attached hydrogens (tertiary/aromatic N) is 1. The van der Waals surface area contributed by atoms with E-state index in [0.29, 0.717) is 22.8 Å². The van der Waals surface area contributed by atoms with E-state index in [2.05, 4.69) is 31.2 Å². The number of aryl methyl sites for hydroxylation is 1. The van der Waals surface area contributed by atoms with Crippen LogP contribution in [0.5, 0.6) is 17.2 Å². The Morgan fingerprint density at radius 3 is 1.97 bits per heavy atom. The number of carbonyl (C=O) groups is 1. The van der Waals surface area contributed by atoms with Crippen LogP contribution in [0.4, 0.5) is 0 Å². The van der Waals surface area contributed by atoms with E-state index in [1.54, 1.807) is 33.5 Å². The summed E-state index contributed by atoms with van der Waals surface area (Å²) in [7, 11) is 4.67. The fourth-order valence-corrected chi connectivity index (χ4v) is 3.77. The summed E-state index contributed by atoms with van der Waals surface area (Å²) in [6, 6.07) is 12.3. The number of hydrogen-bond donors (Lipinski definition) is 1. The highest BCUT2D eigenvalue weighted by molar-refractivity contribution is 5.95. The molecule has 29 heavy (non-hydrogen) atoms. The summed E-state index contributed by atoms with van der Waals surface area (Å²) in [5.41, 5.74) is 3.27. The van der Waals surface area contributed by atoms with Crippen LogP contribution in [-0.2, 0) is 13.0 Å². The minimum Gasteiger partial charge on any atom is -0.493 e. The van der Waals surface area contributed by atoms with Gasteiger partial charge in [0, 0.05) is 11.1 Å². The summed E-state index contributed by atoms with van der Waals surface area (Å²) in [6.45, 7) is 6.51. The van der Waals surface area contributed by atoms with Gasteiger partial charge in [-0.15, -0.1) is 0 Å². The first kappa shape index (κ1) is 21.0. The van der Waals surface area contributed by atoms with Gasteiger partial charge in [-0.3, -0.25) is 4.79 Å². The van der Waals surface area contributed by atoms with Crippen LogP contribution in [-0.4, -0.2) is 58.3 Å². The summed E-state index contributed by atoms with van der Waals surface area (Å²) in [5, 5.41) is 0. The van der Waals surface area contributed by atoms with E-state index in [0.717, 1.165) is 39.1 Å². The smallest absolute Gasteiger partial charge is 0.254 e. The van der Waals surface area contributed by atoms with Crippen LogP contribution >= 0.6 is 0 Å². The van der Waals surface area contributed by atoms with Crippen LogP contribution in [0.2, 0.25) is 0 Å². The molecule has 1 aliphatic heterocycles. The molecule has 1 fully saturated rings. The van der Waals surface area contributed by atoms with Gasteiger partial charge in [-0.1, -0.05) is 31.2 Å². The van der Waals surface area contributed by atoms with E-state index < -0.39 is 0 Å². The summed E-state index contributed by atoms with van der Waals surface area (Å²) < 4.78 is 16.1.